The molecule has 0 aromatic heterocycles. The molecule has 2 rings (SSSR count). The molecule has 17 heavy (non-hydrogen) atoms. The number of amides is 1. The highest BCUT2D eigenvalue weighted by Gasteiger charge is 2.17. The van der Waals surface area contributed by atoms with Gasteiger partial charge in [0.2, 0.25) is 5.91 Å². The summed E-state index contributed by atoms with van der Waals surface area (Å²) in [6.45, 7) is 7.23. The number of nitrogens with one attached hydrogen (secondary N) is 1. The third-order valence-electron chi connectivity index (χ3n) is 3.81. The molecule has 0 aromatic rings. The minimum atomic E-state index is 0.366. The van der Waals surface area contributed by atoms with E-state index in [1.807, 2.05) is 0 Å². The van der Waals surface area contributed by atoms with Gasteiger partial charge in [-0.2, -0.15) is 0 Å². The standard InChI is InChI=1S/C13H25N3O/c17-13(16-8-3-1-2-4-9-16)5-10-15-11-6-14-7-12-15/h14H,1-12H2. The van der Waals surface area contributed by atoms with Gasteiger partial charge in [-0.25, -0.2) is 0 Å². The van der Waals surface area contributed by atoms with Crippen molar-refractivity contribution in [3.05, 3.63) is 0 Å². The van der Waals surface area contributed by atoms with Gasteiger partial charge < -0.3 is 15.1 Å². The van der Waals surface area contributed by atoms with Gasteiger partial charge in [-0.3, -0.25) is 4.79 Å². The first-order valence-corrected chi connectivity index (χ1v) is 7.07. The van der Waals surface area contributed by atoms with Gasteiger partial charge in [0.1, 0.15) is 0 Å². The zero-order chi connectivity index (χ0) is 11.9. The number of carbonyl (C=O) groups is 1. The second-order valence-corrected chi connectivity index (χ2v) is 5.14. The zero-order valence-electron chi connectivity index (χ0n) is 10.8. The van der Waals surface area contributed by atoms with E-state index >= 15 is 0 Å². The lowest BCUT2D eigenvalue weighted by molar-refractivity contribution is -0.131. The number of carbonyl (C=O) groups excluding carboxylic acids is 1. The minimum absolute atomic E-state index is 0.366. The smallest absolute Gasteiger partial charge is 0.223 e. The molecule has 0 aliphatic carbocycles. The molecule has 1 amide bonds. The van der Waals surface area contributed by atoms with E-state index in [1.165, 1.54) is 25.7 Å². The summed E-state index contributed by atoms with van der Waals surface area (Å²) in [6.07, 6.45) is 5.68. The second kappa shape index (κ2) is 6.97. The molecule has 0 atom stereocenters. The van der Waals surface area contributed by atoms with Crippen LogP contribution in [0, 0.1) is 0 Å². The lowest BCUT2D eigenvalue weighted by Gasteiger charge is -2.28. The van der Waals surface area contributed by atoms with Crippen LogP contribution in [0.3, 0.4) is 0 Å². The lowest BCUT2D eigenvalue weighted by atomic mass is 10.2. The van der Waals surface area contributed by atoms with E-state index in [2.05, 4.69) is 15.1 Å². The zero-order valence-corrected chi connectivity index (χ0v) is 10.8. The monoisotopic (exact) mass is 239 g/mol. The van der Waals surface area contributed by atoms with Crippen molar-refractivity contribution in [3.63, 3.8) is 0 Å². The van der Waals surface area contributed by atoms with Crippen LogP contribution in [0.4, 0.5) is 0 Å². The Kier molecular flexibility index (Phi) is 5.26. The van der Waals surface area contributed by atoms with Gasteiger partial charge in [0.05, 0.1) is 0 Å². The van der Waals surface area contributed by atoms with Crippen molar-refractivity contribution in [1.29, 1.82) is 0 Å². The highest BCUT2D eigenvalue weighted by atomic mass is 16.2. The van der Waals surface area contributed by atoms with Crippen LogP contribution in [0.5, 0.6) is 0 Å². The van der Waals surface area contributed by atoms with Crippen LogP contribution < -0.4 is 5.32 Å². The SMILES string of the molecule is O=C(CCN1CCNCC1)N1CCCCCC1. The van der Waals surface area contributed by atoms with Gasteiger partial charge in [-0.1, -0.05) is 12.8 Å². The summed E-state index contributed by atoms with van der Waals surface area (Å²) in [7, 11) is 0. The van der Waals surface area contributed by atoms with E-state index < -0.39 is 0 Å². The van der Waals surface area contributed by atoms with Gasteiger partial charge in [-0.05, 0) is 12.8 Å². The predicted molar refractivity (Wildman–Crippen MR) is 69.0 cm³/mol. The fourth-order valence-electron chi connectivity index (χ4n) is 2.67. The van der Waals surface area contributed by atoms with Crippen LogP contribution >= 0.6 is 0 Å². The first kappa shape index (κ1) is 12.8. The molecule has 4 nitrogen and oxygen atoms in total. The molecule has 0 bridgehead atoms. The first-order valence-electron chi connectivity index (χ1n) is 7.07. The molecular formula is C13H25N3O. The molecule has 2 saturated heterocycles. The third kappa shape index (κ3) is 4.28. The normalized spacial score (nSPS) is 23.4. The molecule has 2 aliphatic rings. The summed E-state index contributed by atoms with van der Waals surface area (Å²) in [5, 5.41) is 3.34. The fourth-order valence-corrected chi connectivity index (χ4v) is 2.67. The maximum absolute atomic E-state index is 12.1. The Morgan fingerprint density at radius 2 is 1.59 bits per heavy atom. The summed E-state index contributed by atoms with van der Waals surface area (Å²) >= 11 is 0. The Balaban J connectivity index is 1.68. The first-order chi connectivity index (χ1) is 8.36. The largest absolute Gasteiger partial charge is 0.343 e. The third-order valence-corrected chi connectivity index (χ3v) is 3.81. The van der Waals surface area contributed by atoms with Gasteiger partial charge in [-0.15, -0.1) is 0 Å². The predicted octanol–water partition coefficient (Wildman–Crippen LogP) is 0.684. The number of hydrogen-bond acceptors (Lipinski definition) is 3. The minimum Gasteiger partial charge on any atom is -0.343 e. The van der Waals surface area contributed by atoms with Crippen LogP contribution in [0.2, 0.25) is 0 Å². The van der Waals surface area contributed by atoms with Crippen molar-refractivity contribution in [2.24, 2.45) is 0 Å². The van der Waals surface area contributed by atoms with Crippen LogP contribution in [-0.2, 0) is 4.79 Å². The van der Waals surface area contributed by atoms with E-state index in [4.69, 9.17) is 0 Å². The number of rotatable bonds is 3. The topological polar surface area (TPSA) is 35.6 Å². The Morgan fingerprint density at radius 1 is 0.941 bits per heavy atom. The van der Waals surface area contributed by atoms with Crippen LogP contribution in [0.15, 0.2) is 0 Å². The average Bonchev–Trinajstić information content (AvgIpc) is 2.66. The van der Waals surface area contributed by atoms with Gasteiger partial charge in [0.15, 0.2) is 0 Å². The molecule has 0 spiro atoms. The number of nitrogens with zero attached hydrogens (tertiary/aromatic N) is 2. The Bertz CT molecular complexity index is 231. The molecule has 2 heterocycles. The second-order valence-electron chi connectivity index (χ2n) is 5.14. The summed E-state index contributed by atoms with van der Waals surface area (Å²) in [6, 6.07) is 0. The van der Waals surface area contributed by atoms with Crippen LogP contribution in [-0.4, -0.2) is 61.5 Å². The quantitative estimate of drug-likeness (QED) is 0.787. The van der Waals surface area contributed by atoms with E-state index in [-0.39, 0.29) is 0 Å². The molecule has 4 heteroatoms. The maximum Gasteiger partial charge on any atom is 0.223 e. The molecule has 0 radical (unpaired) electrons. The van der Waals surface area contributed by atoms with Crippen LogP contribution in [0.1, 0.15) is 32.1 Å². The average molecular weight is 239 g/mol. The van der Waals surface area contributed by atoms with Crippen molar-refractivity contribution in [2.45, 2.75) is 32.1 Å². The summed E-state index contributed by atoms with van der Waals surface area (Å²) in [5.74, 6) is 0.366. The highest BCUT2D eigenvalue weighted by molar-refractivity contribution is 5.76. The summed E-state index contributed by atoms with van der Waals surface area (Å²) in [5.41, 5.74) is 0. The Labute approximate surface area is 104 Å². The Hall–Kier alpha value is -0.610. The molecular weight excluding hydrogens is 214 g/mol. The molecule has 2 fully saturated rings. The van der Waals surface area contributed by atoms with Gasteiger partial charge in [0, 0.05) is 52.2 Å². The highest BCUT2D eigenvalue weighted by Crippen LogP contribution is 2.10. The van der Waals surface area contributed by atoms with Gasteiger partial charge >= 0.3 is 0 Å². The molecule has 1 N–H and O–H groups in total. The lowest BCUT2D eigenvalue weighted by Crippen LogP contribution is -2.45. The molecule has 98 valence electrons. The summed E-state index contributed by atoms with van der Waals surface area (Å²) in [4.78, 5) is 16.6. The van der Waals surface area contributed by atoms with E-state index in [0.29, 0.717) is 12.3 Å². The summed E-state index contributed by atoms with van der Waals surface area (Å²) < 4.78 is 0. The number of hydrogen-bond donors (Lipinski definition) is 1. The molecule has 0 aromatic carbocycles. The molecule has 0 unspecified atom stereocenters. The molecule has 2 aliphatic heterocycles. The number of likely N-dealkylation sites (tertiary alicyclic amines) is 1. The van der Waals surface area contributed by atoms with E-state index in [9.17, 15) is 4.79 Å². The fraction of sp³-hybridized carbons (Fsp3) is 0.923. The number of piperazine rings is 1. The van der Waals surface area contributed by atoms with Crippen molar-refractivity contribution >= 4 is 5.91 Å². The van der Waals surface area contributed by atoms with Crippen molar-refractivity contribution in [1.82, 2.24) is 15.1 Å². The van der Waals surface area contributed by atoms with Crippen molar-refractivity contribution < 1.29 is 4.79 Å². The maximum atomic E-state index is 12.1. The molecule has 0 saturated carbocycles. The Morgan fingerprint density at radius 3 is 2.24 bits per heavy atom. The van der Waals surface area contributed by atoms with Gasteiger partial charge in [0.25, 0.3) is 0 Å². The van der Waals surface area contributed by atoms with Crippen molar-refractivity contribution in [2.75, 3.05) is 45.8 Å². The van der Waals surface area contributed by atoms with Crippen molar-refractivity contribution in [3.8, 4) is 0 Å². The van der Waals surface area contributed by atoms with E-state index in [0.717, 1.165) is 45.8 Å². The van der Waals surface area contributed by atoms with E-state index in [1.54, 1.807) is 0 Å². The van der Waals surface area contributed by atoms with Crippen LogP contribution in [0.25, 0.3) is 0 Å².